The van der Waals surface area contributed by atoms with Gasteiger partial charge in [-0.3, -0.25) is 9.00 Å². The van der Waals surface area contributed by atoms with Crippen molar-refractivity contribution in [1.29, 1.82) is 0 Å². The van der Waals surface area contributed by atoms with E-state index < -0.39 is 10.8 Å². The number of nitrogens with one attached hydrogen (secondary N) is 1. The smallest absolute Gasteiger partial charge is 0.232 e. The van der Waals surface area contributed by atoms with Crippen LogP contribution in [-0.4, -0.2) is 48.0 Å². The molecule has 1 atom stereocenters. The summed E-state index contributed by atoms with van der Waals surface area (Å²) in [5.41, 5.74) is 1.03. The van der Waals surface area contributed by atoms with E-state index in [9.17, 15) is 9.00 Å². The summed E-state index contributed by atoms with van der Waals surface area (Å²) in [6.07, 6.45) is 1.26. The predicted molar refractivity (Wildman–Crippen MR) is 125 cm³/mol. The third-order valence-corrected chi connectivity index (χ3v) is 5.81. The average molecular weight is 468 g/mol. The van der Waals surface area contributed by atoms with Crippen LogP contribution in [0.5, 0.6) is 17.2 Å². The van der Waals surface area contributed by atoms with E-state index in [2.05, 4.69) is 5.32 Å². The van der Waals surface area contributed by atoms with Gasteiger partial charge >= 0.3 is 0 Å². The van der Waals surface area contributed by atoms with E-state index in [0.717, 1.165) is 11.3 Å². The molecule has 1 amide bonds. The summed E-state index contributed by atoms with van der Waals surface area (Å²) in [6, 6.07) is 12.8. The molecule has 2 aromatic carbocycles. The van der Waals surface area contributed by atoms with Crippen molar-refractivity contribution in [1.82, 2.24) is 5.32 Å². The standard InChI is InChI=1S/C23H30ClNO5S/c1-3-28-21-11-6-18(16-22(21)29-4-2)12-13-25-23(26)17-31(27)15-5-14-30-20-9-7-19(24)8-10-20/h6-11,16H,3-5,12-15,17H2,1-2H3,(H,25,26)/t31-/m0/s1. The minimum Gasteiger partial charge on any atom is -0.494 e. The molecule has 0 saturated heterocycles. The summed E-state index contributed by atoms with van der Waals surface area (Å²) in [7, 11) is -1.22. The second-order valence-electron chi connectivity index (χ2n) is 6.69. The molecule has 0 spiro atoms. The van der Waals surface area contributed by atoms with Crippen molar-refractivity contribution in [2.24, 2.45) is 0 Å². The minimum atomic E-state index is -1.22. The second-order valence-corrected chi connectivity index (χ2v) is 8.70. The highest BCUT2D eigenvalue weighted by Crippen LogP contribution is 2.28. The van der Waals surface area contributed by atoms with Crippen molar-refractivity contribution >= 4 is 28.3 Å². The quantitative estimate of drug-likeness (QED) is 0.425. The van der Waals surface area contributed by atoms with Crippen LogP contribution in [-0.2, 0) is 22.0 Å². The fourth-order valence-electron chi connectivity index (χ4n) is 2.81. The molecule has 6 nitrogen and oxygen atoms in total. The Balaban J connectivity index is 1.65. The molecular formula is C23H30ClNO5S. The van der Waals surface area contributed by atoms with Gasteiger partial charge in [-0.2, -0.15) is 0 Å². The van der Waals surface area contributed by atoms with Gasteiger partial charge in [-0.15, -0.1) is 0 Å². The van der Waals surface area contributed by atoms with Gasteiger partial charge in [0.05, 0.1) is 19.8 Å². The van der Waals surface area contributed by atoms with Gasteiger partial charge in [0, 0.05) is 28.1 Å². The number of halogens is 1. The van der Waals surface area contributed by atoms with E-state index in [1.807, 2.05) is 32.0 Å². The van der Waals surface area contributed by atoms with Crippen LogP contribution in [0.3, 0.4) is 0 Å². The monoisotopic (exact) mass is 467 g/mol. The van der Waals surface area contributed by atoms with Gasteiger partial charge in [-0.1, -0.05) is 17.7 Å². The number of benzene rings is 2. The molecule has 0 unspecified atom stereocenters. The van der Waals surface area contributed by atoms with Crippen LogP contribution in [0.25, 0.3) is 0 Å². The number of carbonyl (C=O) groups excluding carboxylic acids is 1. The third kappa shape index (κ3) is 9.61. The Bertz CT molecular complexity index is 844. The lowest BCUT2D eigenvalue weighted by atomic mass is 10.1. The molecule has 0 bridgehead atoms. The van der Waals surface area contributed by atoms with Crippen LogP contribution in [0.15, 0.2) is 42.5 Å². The third-order valence-electron chi connectivity index (χ3n) is 4.23. The molecule has 2 rings (SSSR count). The first-order chi connectivity index (χ1) is 15.0. The number of hydrogen-bond acceptors (Lipinski definition) is 5. The largest absolute Gasteiger partial charge is 0.494 e. The molecular weight excluding hydrogens is 438 g/mol. The normalized spacial score (nSPS) is 11.6. The molecule has 0 saturated carbocycles. The van der Waals surface area contributed by atoms with E-state index in [4.69, 9.17) is 25.8 Å². The lowest BCUT2D eigenvalue weighted by Crippen LogP contribution is -2.30. The molecule has 31 heavy (non-hydrogen) atoms. The molecule has 0 radical (unpaired) electrons. The van der Waals surface area contributed by atoms with Crippen molar-refractivity contribution in [2.75, 3.05) is 37.9 Å². The van der Waals surface area contributed by atoms with E-state index >= 15 is 0 Å². The first-order valence-corrected chi connectivity index (χ1v) is 12.3. The van der Waals surface area contributed by atoms with Crippen LogP contribution in [0.1, 0.15) is 25.8 Å². The molecule has 0 aliphatic rings. The van der Waals surface area contributed by atoms with Crippen molar-refractivity contribution in [2.45, 2.75) is 26.7 Å². The van der Waals surface area contributed by atoms with E-state index in [-0.39, 0.29) is 11.7 Å². The van der Waals surface area contributed by atoms with Crippen LogP contribution in [0.2, 0.25) is 5.02 Å². The first kappa shape index (κ1) is 25.0. The molecule has 0 aliphatic heterocycles. The topological polar surface area (TPSA) is 73.9 Å². The maximum absolute atomic E-state index is 12.1. The van der Waals surface area contributed by atoms with Crippen molar-refractivity contribution in [3.63, 3.8) is 0 Å². The molecule has 0 aliphatic carbocycles. The van der Waals surface area contributed by atoms with E-state index in [0.29, 0.717) is 61.5 Å². The van der Waals surface area contributed by atoms with Crippen molar-refractivity contribution in [3.05, 3.63) is 53.1 Å². The predicted octanol–water partition coefficient (Wildman–Crippen LogP) is 4.01. The number of carbonyl (C=O) groups is 1. The Morgan fingerprint density at radius 1 is 1.00 bits per heavy atom. The van der Waals surface area contributed by atoms with Crippen LogP contribution >= 0.6 is 11.6 Å². The fraction of sp³-hybridized carbons (Fsp3) is 0.435. The fourth-order valence-corrected chi connectivity index (χ4v) is 3.91. The Hall–Kier alpha value is -2.25. The Morgan fingerprint density at radius 2 is 1.71 bits per heavy atom. The lowest BCUT2D eigenvalue weighted by Gasteiger charge is -2.12. The number of hydrogen-bond donors (Lipinski definition) is 1. The van der Waals surface area contributed by atoms with Gasteiger partial charge in [0.25, 0.3) is 0 Å². The summed E-state index contributed by atoms with van der Waals surface area (Å²) < 4.78 is 28.9. The van der Waals surface area contributed by atoms with Gasteiger partial charge < -0.3 is 19.5 Å². The van der Waals surface area contributed by atoms with Gasteiger partial charge in [0.2, 0.25) is 5.91 Å². The summed E-state index contributed by atoms with van der Waals surface area (Å²) in [5, 5.41) is 3.48. The SMILES string of the molecule is CCOc1ccc(CCNC(=O)C[S@@](=O)CCCOc2ccc(Cl)cc2)cc1OCC. The molecule has 0 heterocycles. The number of amides is 1. The highest BCUT2D eigenvalue weighted by molar-refractivity contribution is 7.85. The van der Waals surface area contributed by atoms with Gasteiger partial charge in [-0.05, 0) is 68.7 Å². The first-order valence-electron chi connectivity index (χ1n) is 10.4. The molecule has 2 aromatic rings. The summed E-state index contributed by atoms with van der Waals surface area (Å²) in [5.74, 6) is 2.33. The summed E-state index contributed by atoms with van der Waals surface area (Å²) in [6.45, 7) is 5.88. The molecule has 0 fully saturated rings. The van der Waals surface area contributed by atoms with Gasteiger partial charge in [-0.25, -0.2) is 0 Å². The van der Waals surface area contributed by atoms with Crippen molar-refractivity contribution in [3.8, 4) is 17.2 Å². The highest BCUT2D eigenvalue weighted by Gasteiger charge is 2.09. The maximum Gasteiger partial charge on any atom is 0.232 e. The van der Waals surface area contributed by atoms with Crippen LogP contribution < -0.4 is 19.5 Å². The van der Waals surface area contributed by atoms with Crippen LogP contribution in [0.4, 0.5) is 0 Å². The molecule has 1 N–H and O–H groups in total. The zero-order chi connectivity index (χ0) is 22.5. The van der Waals surface area contributed by atoms with E-state index in [1.165, 1.54) is 0 Å². The van der Waals surface area contributed by atoms with Gasteiger partial charge in [0.1, 0.15) is 11.5 Å². The minimum absolute atomic E-state index is 0.00554. The highest BCUT2D eigenvalue weighted by atomic mass is 35.5. The molecule has 170 valence electrons. The maximum atomic E-state index is 12.1. The summed E-state index contributed by atoms with van der Waals surface area (Å²) in [4.78, 5) is 12.0. The molecule has 0 aromatic heterocycles. The lowest BCUT2D eigenvalue weighted by molar-refractivity contribution is -0.118. The van der Waals surface area contributed by atoms with E-state index in [1.54, 1.807) is 24.3 Å². The Kier molecular flexibility index (Phi) is 11.2. The van der Waals surface area contributed by atoms with Crippen LogP contribution in [0, 0.1) is 0 Å². The average Bonchev–Trinajstić information content (AvgIpc) is 2.74. The second kappa shape index (κ2) is 13.9. The number of rotatable bonds is 14. The van der Waals surface area contributed by atoms with Gasteiger partial charge in [0.15, 0.2) is 11.5 Å². The zero-order valence-electron chi connectivity index (χ0n) is 18.0. The Labute approximate surface area is 191 Å². The number of ether oxygens (including phenoxy) is 3. The summed E-state index contributed by atoms with van der Waals surface area (Å²) >= 11 is 5.83. The molecule has 8 heteroatoms. The van der Waals surface area contributed by atoms with Crippen molar-refractivity contribution < 1.29 is 23.2 Å². The zero-order valence-corrected chi connectivity index (χ0v) is 19.6. The Morgan fingerprint density at radius 3 is 2.42 bits per heavy atom.